The predicted octanol–water partition coefficient (Wildman–Crippen LogP) is 3.52. The van der Waals surface area contributed by atoms with Crippen molar-refractivity contribution in [3.63, 3.8) is 0 Å². The fourth-order valence-corrected chi connectivity index (χ4v) is 1.96. The van der Waals surface area contributed by atoms with Gasteiger partial charge in [0.05, 0.1) is 0 Å². The molecule has 0 aliphatic carbocycles. The van der Waals surface area contributed by atoms with Gasteiger partial charge in [-0.05, 0) is 35.3 Å². The number of nitrogens with zero attached hydrogens (tertiary/aromatic N) is 4. The average molecular weight is 293 g/mol. The van der Waals surface area contributed by atoms with Crippen LogP contribution in [0.4, 0.5) is 0 Å². The molecule has 0 N–H and O–H groups in total. The maximum absolute atomic E-state index is 5.69. The standard InChI is InChI=1S/C12H6Cl2N4O/c13-10-16-11(14)18-12(17-10)19-8-5-1-3-7-4-2-6-15-9(7)8/h1-6H. The van der Waals surface area contributed by atoms with E-state index in [4.69, 9.17) is 27.9 Å². The summed E-state index contributed by atoms with van der Waals surface area (Å²) in [5.74, 6) is 0.524. The molecule has 0 bridgehead atoms. The highest BCUT2D eigenvalue weighted by molar-refractivity contribution is 6.31. The highest BCUT2D eigenvalue weighted by Gasteiger charge is 2.08. The van der Waals surface area contributed by atoms with Gasteiger partial charge in [-0.3, -0.25) is 4.98 Å². The van der Waals surface area contributed by atoms with Gasteiger partial charge >= 0.3 is 6.01 Å². The molecule has 7 heteroatoms. The van der Waals surface area contributed by atoms with Gasteiger partial charge in [-0.25, -0.2) is 0 Å². The summed E-state index contributed by atoms with van der Waals surface area (Å²) in [6.45, 7) is 0. The molecule has 0 radical (unpaired) electrons. The Hall–Kier alpha value is -1.98. The molecule has 0 fully saturated rings. The quantitative estimate of drug-likeness (QED) is 0.723. The number of benzene rings is 1. The zero-order valence-electron chi connectivity index (χ0n) is 9.42. The van der Waals surface area contributed by atoms with Gasteiger partial charge in [-0.1, -0.05) is 18.2 Å². The predicted molar refractivity (Wildman–Crippen MR) is 71.7 cm³/mol. The topological polar surface area (TPSA) is 60.8 Å². The van der Waals surface area contributed by atoms with Crippen molar-refractivity contribution >= 4 is 34.1 Å². The Balaban J connectivity index is 2.05. The number of aromatic nitrogens is 4. The molecular formula is C12H6Cl2N4O. The first-order valence-electron chi connectivity index (χ1n) is 5.31. The number of rotatable bonds is 2. The fraction of sp³-hybridized carbons (Fsp3) is 0. The highest BCUT2D eigenvalue weighted by atomic mass is 35.5. The number of pyridine rings is 1. The number of hydrogen-bond acceptors (Lipinski definition) is 5. The number of hydrogen-bond donors (Lipinski definition) is 0. The van der Waals surface area contributed by atoms with Crippen molar-refractivity contribution in [2.45, 2.75) is 0 Å². The Labute approximate surface area is 118 Å². The SMILES string of the molecule is Clc1nc(Cl)nc(Oc2cccc3cccnc23)n1. The minimum absolute atomic E-state index is 0.0248. The van der Waals surface area contributed by atoms with Crippen LogP contribution in [0, 0.1) is 0 Å². The second kappa shape index (κ2) is 4.95. The van der Waals surface area contributed by atoms with Crippen molar-refractivity contribution in [3.05, 3.63) is 47.1 Å². The van der Waals surface area contributed by atoms with E-state index in [1.54, 1.807) is 12.3 Å². The first-order chi connectivity index (χ1) is 9.22. The molecule has 0 aliphatic rings. The van der Waals surface area contributed by atoms with Crippen LogP contribution in [0.15, 0.2) is 36.5 Å². The molecule has 2 aromatic heterocycles. The molecule has 19 heavy (non-hydrogen) atoms. The zero-order valence-corrected chi connectivity index (χ0v) is 10.9. The first-order valence-corrected chi connectivity index (χ1v) is 6.06. The third-order valence-corrected chi connectivity index (χ3v) is 2.70. The monoisotopic (exact) mass is 292 g/mol. The maximum Gasteiger partial charge on any atom is 0.327 e. The smallest absolute Gasteiger partial charge is 0.327 e. The minimum atomic E-state index is -0.0248. The number of ether oxygens (including phenoxy) is 1. The summed E-state index contributed by atoms with van der Waals surface area (Å²) in [5, 5.41) is 0.901. The van der Waals surface area contributed by atoms with Crippen molar-refractivity contribution in [2.24, 2.45) is 0 Å². The van der Waals surface area contributed by atoms with Crippen LogP contribution in [0.3, 0.4) is 0 Å². The van der Waals surface area contributed by atoms with Gasteiger partial charge in [0.25, 0.3) is 0 Å². The molecule has 94 valence electrons. The third-order valence-electron chi connectivity index (χ3n) is 2.36. The number of halogens is 2. The van der Waals surface area contributed by atoms with E-state index in [0.717, 1.165) is 5.39 Å². The molecule has 0 saturated carbocycles. The van der Waals surface area contributed by atoms with Crippen molar-refractivity contribution in [2.75, 3.05) is 0 Å². The Morgan fingerprint density at radius 2 is 1.63 bits per heavy atom. The van der Waals surface area contributed by atoms with Gasteiger partial charge in [0.15, 0.2) is 5.75 Å². The molecule has 0 spiro atoms. The van der Waals surface area contributed by atoms with E-state index in [0.29, 0.717) is 11.3 Å². The van der Waals surface area contributed by atoms with Crippen molar-refractivity contribution in [3.8, 4) is 11.8 Å². The summed E-state index contributed by atoms with van der Waals surface area (Å²) >= 11 is 11.4. The lowest BCUT2D eigenvalue weighted by molar-refractivity contribution is 0.443. The highest BCUT2D eigenvalue weighted by Crippen LogP contribution is 2.27. The molecule has 5 nitrogen and oxygen atoms in total. The molecule has 3 aromatic rings. The van der Waals surface area contributed by atoms with Crippen LogP contribution in [0.1, 0.15) is 0 Å². The van der Waals surface area contributed by atoms with E-state index in [2.05, 4.69) is 19.9 Å². The van der Waals surface area contributed by atoms with Gasteiger partial charge in [-0.15, -0.1) is 0 Å². The summed E-state index contributed by atoms with van der Waals surface area (Å²) in [6.07, 6.45) is 1.68. The average Bonchev–Trinajstić information content (AvgIpc) is 2.38. The maximum atomic E-state index is 5.69. The molecule has 0 atom stereocenters. The lowest BCUT2D eigenvalue weighted by Gasteiger charge is -2.06. The van der Waals surface area contributed by atoms with Crippen molar-refractivity contribution in [1.82, 2.24) is 19.9 Å². The van der Waals surface area contributed by atoms with Gasteiger partial charge in [-0.2, -0.15) is 15.0 Å². The minimum Gasteiger partial charge on any atom is -0.422 e. The van der Waals surface area contributed by atoms with Crippen molar-refractivity contribution in [1.29, 1.82) is 0 Å². The molecule has 2 heterocycles. The van der Waals surface area contributed by atoms with Crippen LogP contribution in [0.25, 0.3) is 10.9 Å². The van der Waals surface area contributed by atoms with Gasteiger partial charge in [0, 0.05) is 11.6 Å². The second-order valence-electron chi connectivity index (χ2n) is 3.59. The van der Waals surface area contributed by atoms with Gasteiger partial charge in [0.2, 0.25) is 10.6 Å². The largest absolute Gasteiger partial charge is 0.422 e. The third kappa shape index (κ3) is 2.57. The van der Waals surface area contributed by atoms with Crippen molar-refractivity contribution < 1.29 is 4.74 Å². The Morgan fingerprint density at radius 3 is 2.42 bits per heavy atom. The number of para-hydroxylation sites is 1. The molecule has 1 aromatic carbocycles. The number of fused-ring (bicyclic) bond motifs is 1. The molecule has 0 unspecified atom stereocenters. The first kappa shape index (κ1) is 12.1. The summed E-state index contributed by atoms with van der Waals surface area (Å²) < 4.78 is 5.56. The van der Waals surface area contributed by atoms with Gasteiger partial charge in [0.1, 0.15) is 5.52 Å². The van der Waals surface area contributed by atoms with E-state index in [1.807, 2.05) is 24.3 Å². The van der Waals surface area contributed by atoms with E-state index >= 15 is 0 Å². The Morgan fingerprint density at radius 1 is 0.895 bits per heavy atom. The second-order valence-corrected chi connectivity index (χ2v) is 4.27. The van der Waals surface area contributed by atoms with E-state index < -0.39 is 0 Å². The molecule has 0 aliphatic heterocycles. The molecular weight excluding hydrogens is 287 g/mol. The lowest BCUT2D eigenvalue weighted by Crippen LogP contribution is -1.96. The lowest BCUT2D eigenvalue weighted by atomic mass is 10.2. The van der Waals surface area contributed by atoms with Crippen LogP contribution in [-0.2, 0) is 0 Å². The Bertz CT molecular complexity index is 725. The zero-order chi connectivity index (χ0) is 13.2. The summed E-state index contributed by atoms with van der Waals surface area (Å²) in [7, 11) is 0. The summed E-state index contributed by atoms with van der Waals surface area (Å²) in [5.41, 5.74) is 0.706. The molecule has 3 rings (SSSR count). The van der Waals surface area contributed by atoms with Crippen LogP contribution in [0.2, 0.25) is 10.6 Å². The van der Waals surface area contributed by atoms with Gasteiger partial charge < -0.3 is 4.74 Å². The molecule has 0 amide bonds. The molecule has 0 saturated heterocycles. The summed E-state index contributed by atoms with van der Waals surface area (Å²) in [4.78, 5) is 15.6. The van der Waals surface area contributed by atoms with Crippen LogP contribution < -0.4 is 4.74 Å². The van der Waals surface area contributed by atoms with E-state index in [9.17, 15) is 0 Å². The van der Waals surface area contributed by atoms with Crippen LogP contribution in [0.5, 0.6) is 11.8 Å². The normalized spacial score (nSPS) is 10.6. The summed E-state index contributed by atoms with van der Waals surface area (Å²) in [6, 6.07) is 9.36. The fourth-order valence-electron chi connectivity index (χ4n) is 1.61. The van der Waals surface area contributed by atoms with E-state index in [1.165, 1.54) is 0 Å². The van der Waals surface area contributed by atoms with Crippen LogP contribution in [-0.4, -0.2) is 19.9 Å². The van der Waals surface area contributed by atoms with Crippen LogP contribution >= 0.6 is 23.2 Å². The van der Waals surface area contributed by atoms with E-state index in [-0.39, 0.29) is 16.6 Å². The Kier molecular flexibility index (Phi) is 3.15.